The molecule has 2 aromatic rings. The Morgan fingerprint density at radius 3 is 2.28 bits per heavy atom. The largest absolute Gasteiger partial charge is 0.354 e. The topological polar surface area (TPSA) is 63.5 Å². The van der Waals surface area contributed by atoms with Crippen LogP contribution in [0.4, 0.5) is 5.82 Å². The van der Waals surface area contributed by atoms with Gasteiger partial charge in [0.2, 0.25) is 0 Å². The van der Waals surface area contributed by atoms with Crippen LogP contribution in [0.25, 0.3) is 0 Å². The van der Waals surface area contributed by atoms with Crippen molar-refractivity contribution in [3.63, 3.8) is 0 Å². The normalized spacial score (nSPS) is 20.6. The van der Waals surface area contributed by atoms with E-state index in [2.05, 4.69) is 33.0 Å². The lowest BCUT2D eigenvalue weighted by Gasteiger charge is -2.48. The second-order valence-electron chi connectivity index (χ2n) is 9.36. The van der Waals surface area contributed by atoms with Crippen LogP contribution in [-0.4, -0.2) is 66.0 Å². The molecule has 3 aliphatic rings. The van der Waals surface area contributed by atoms with Crippen LogP contribution in [0.3, 0.4) is 0 Å². The van der Waals surface area contributed by atoms with Crippen LogP contribution in [-0.2, 0) is 0 Å². The molecule has 1 aromatic heterocycles. The summed E-state index contributed by atoms with van der Waals surface area (Å²) in [5.74, 6) is 1.78. The van der Waals surface area contributed by atoms with Gasteiger partial charge in [0.15, 0.2) is 0 Å². The summed E-state index contributed by atoms with van der Waals surface area (Å²) in [6.07, 6.45) is 8.24. The first kappa shape index (κ1) is 21.0. The lowest BCUT2D eigenvalue weighted by molar-refractivity contribution is 0.0246. The van der Waals surface area contributed by atoms with Gasteiger partial charge in [-0.3, -0.25) is 9.69 Å². The number of piperazine rings is 1. The number of carbonyl (C=O) groups excluding carboxylic acids is 1. The van der Waals surface area contributed by atoms with E-state index in [-0.39, 0.29) is 5.91 Å². The molecule has 1 aliphatic carbocycles. The maximum absolute atomic E-state index is 12.9. The van der Waals surface area contributed by atoms with Crippen molar-refractivity contribution in [2.24, 2.45) is 0 Å². The predicted octanol–water partition coefficient (Wildman–Crippen LogP) is 3.65. The Balaban J connectivity index is 1.09. The summed E-state index contributed by atoms with van der Waals surface area (Å²) in [7, 11) is 0. The maximum atomic E-state index is 12.9. The van der Waals surface area contributed by atoms with Gasteiger partial charge in [0.05, 0.1) is 5.56 Å². The standard InChI is InChI=1S/C26H31N5O/c27-16-20-6-11-25(28-17-20)30-14-12-29(13-15-30)24-18-31(19-24)26(32)23-9-7-22(8-10-23)21-4-2-1-3-5-21/h6-11,17,21,24H,1-5,12-15,18-19H2. The summed E-state index contributed by atoms with van der Waals surface area (Å²) in [6.45, 7) is 5.43. The first-order valence-electron chi connectivity index (χ1n) is 12.0. The van der Waals surface area contributed by atoms with Gasteiger partial charge < -0.3 is 9.80 Å². The van der Waals surface area contributed by atoms with Crippen LogP contribution in [0.2, 0.25) is 0 Å². The van der Waals surface area contributed by atoms with E-state index in [1.807, 2.05) is 29.2 Å². The number of pyridine rings is 1. The molecule has 5 rings (SSSR count). The minimum absolute atomic E-state index is 0.164. The number of benzene rings is 1. The predicted molar refractivity (Wildman–Crippen MR) is 125 cm³/mol. The summed E-state index contributed by atoms with van der Waals surface area (Å²) in [5.41, 5.74) is 2.81. The number of likely N-dealkylation sites (tertiary alicyclic amines) is 1. The third-order valence-corrected chi connectivity index (χ3v) is 7.42. The molecule has 32 heavy (non-hydrogen) atoms. The Labute approximate surface area is 190 Å². The number of rotatable bonds is 4. The van der Waals surface area contributed by atoms with E-state index in [0.29, 0.717) is 17.5 Å². The van der Waals surface area contributed by atoms with Gasteiger partial charge in [-0.1, -0.05) is 31.4 Å². The maximum Gasteiger partial charge on any atom is 0.253 e. The smallest absolute Gasteiger partial charge is 0.253 e. The van der Waals surface area contributed by atoms with Gasteiger partial charge in [0, 0.05) is 57.1 Å². The fourth-order valence-electron chi connectivity index (χ4n) is 5.32. The monoisotopic (exact) mass is 429 g/mol. The Bertz CT molecular complexity index is 961. The lowest BCUT2D eigenvalue weighted by atomic mass is 9.84. The van der Waals surface area contributed by atoms with Crippen molar-refractivity contribution >= 4 is 11.7 Å². The second kappa shape index (κ2) is 9.30. The molecular formula is C26H31N5O. The van der Waals surface area contributed by atoms with Crippen molar-refractivity contribution in [2.75, 3.05) is 44.2 Å². The summed E-state index contributed by atoms with van der Waals surface area (Å²) >= 11 is 0. The third-order valence-electron chi connectivity index (χ3n) is 7.42. The van der Waals surface area contributed by atoms with E-state index in [4.69, 9.17) is 5.26 Å². The number of amides is 1. The summed E-state index contributed by atoms with van der Waals surface area (Å²) in [5, 5.41) is 8.93. The highest BCUT2D eigenvalue weighted by molar-refractivity contribution is 5.94. The van der Waals surface area contributed by atoms with Crippen LogP contribution < -0.4 is 4.90 Å². The molecule has 1 saturated carbocycles. The fourth-order valence-corrected chi connectivity index (χ4v) is 5.32. The van der Waals surface area contributed by atoms with Gasteiger partial charge in [0.1, 0.15) is 11.9 Å². The van der Waals surface area contributed by atoms with E-state index in [1.165, 1.54) is 37.7 Å². The van der Waals surface area contributed by atoms with Crippen molar-refractivity contribution in [1.82, 2.24) is 14.8 Å². The van der Waals surface area contributed by atoms with E-state index in [9.17, 15) is 4.79 Å². The first-order valence-corrected chi connectivity index (χ1v) is 12.0. The molecule has 0 atom stereocenters. The molecule has 3 heterocycles. The molecule has 0 spiro atoms. The van der Waals surface area contributed by atoms with Crippen molar-refractivity contribution in [3.8, 4) is 6.07 Å². The summed E-state index contributed by atoms with van der Waals surface area (Å²) in [4.78, 5) is 24.1. The number of carbonyl (C=O) groups is 1. The van der Waals surface area contributed by atoms with Crippen LogP contribution in [0.5, 0.6) is 0 Å². The SMILES string of the molecule is N#Cc1ccc(N2CCN(C3CN(C(=O)c4ccc(C5CCCCC5)cc4)C3)CC2)nc1. The molecular weight excluding hydrogens is 398 g/mol. The molecule has 0 radical (unpaired) electrons. The van der Waals surface area contributed by atoms with Crippen molar-refractivity contribution in [2.45, 2.75) is 44.1 Å². The van der Waals surface area contributed by atoms with E-state index in [0.717, 1.165) is 50.6 Å². The van der Waals surface area contributed by atoms with Crippen molar-refractivity contribution < 1.29 is 4.79 Å². The van der Waals surface area contributed by atoms with Gasteiger partial charge >= 0.3 is 0 Å². The average molecular weight is 430 g/mol. The van der Waals surface area contributed by atoms with Crippen LogP contribution >= 0.6 is 0 Å². The number of hydrogen-bond donors (Lipinski definition) is 0. The number of hydrogen-bond acceptors (Lipinski definition) is 5. The zero-order valence-corrected chi connectivity index (χ0v) is 18.6. The van der Waals surface area contributed by atoms with Crippen LogP contribution in [0.1, 0.15) is 59.5 Å². The summed E-state index contributed by atoms with van der Waals surface area (Å²) < 4.78 is 0. The Kier molecular flexibility index (Phi) is 6.09. The minimum Gasteiger partial charge on any atom is -0.354 e. The zero-order chi connectivity index (χ0) is 21.9. The first-order chi connectivity index (χ1) is 15.7. The highest BCUT2D eigenvalue weighted by Gasteiger charge is 2.36. The lowest BCUT2D eigenvalue weighted by Crippen LogP contribution is -2.64. The van der Waals surface area contributed by atoms with Crippen molar-refractivity contribution in [1.29, 1.82) is 5.26 Å². The highest BCUT2D eigenvalue weighted by atomic mass is 16.2. The van der Waals surface area contributed by atoms with Gasteiger partial charge in [-0.2, -0.15) is 5.26 Å². The van der Waals surface area contributed by atoms with Crippen LogP contribution in [0.15, 0.2) is 42.6 Å². The number of nitrogens with zero attached hydrogens (tertiary/aromatic N) is 5. The molecule has 0 N–H and O–H groups in total. The molecule has 1 aromatic carbocycles. The number of nitriles is 1. The van der Waals surface area contributed by atoms with Crippen molar-refractivity contribution in [3.05, 3.63) is 59.3 Å². The van der Waals surface area contributed by atoms with Gasteiger partial charge in [0.25, 0.3) is 5.91 Å². The third kappa shape index (κ3) is 4.35. The molecule has 3 fully saturated rings. The molecule has 2 aliphatic heterocycles. The Morgan fingerprint density at radius 1 is 0.938 bits per heavy atom. The molecule has 166 valence electrons. The molecule has 0 unspecified atom stereocenters. The molecule has 6 nitrogen and oxygen atoms in total. The molecule has 6 heteroatoms. The minimum atomic E-state index is 0.164. The van der Waals surface area contributed by atoms with E-state index < -0.39 is 0 Å². The number of anilines is 1. The molecule has 0 bridgehead atoms. The zero-order valence-electron chi connectivity index (χ0n) is 18.6. The van der Waals surface area contributed by atoms with Gasteiger partial charge in [-0.25, -0.2) is 4.98 Å². The van der Waals surface area contributed by atoms with Crippen LogP contribution in [0, 0.1) is 11.3 Å². The fraction of sp³-hybridized carbons (Fsp3) is 0.500. The Morgan fingerprint density at radius 2 is 1.66 bits per heavy atom. The van der Waals surface area contributed by atoms with Gasteiger partial charge in [-0.05, 0) is 48.6 Å². The molecule has 1 amide bonds. The molecule has 2 saturated heterocycles. The Hall–Kier alpha value is -2.91. The highest BCUT2D eigenvalue weighted by Crippen LogP contribution is 2.32. The van der Waals surface area contributed by atoms with E-state index >= 15 is 0 Å². The average Bonchev–Trinajstić information content (AvgIpc) is 2.84. The number of aromatic nitrogens is 1. The summed E-state index contributed by atoms with van der Waals surface area (Å²) in [6, 6.07) is 14.7. The second-order valence-corrected chi connectivity index (χ2v) is 9.36. The van der Waals surface area contributed by atoms with Gasteiger partial charge in [-0.15, -0.1) is 0 Å². The quantitative estimate of drug-likeness (QED) is 0.742. The van der Waals surface area contributed by atoms with E-state index in [1.54, 1.807) is 6.20 Å².